The number of hydrogen-bond donors (Lipinski definition) is 1. The van der Waals surface area contributed by atoms with E-state index in [0.717, 1.165) is 4.31 Å². The van der Waals surface area contributed by atoms with Gasteiger partial charge in [-0.15, -0.1) is 0 Å². The molecule has 0 saturated carbocycles. The van der Waals surface area contributed by atoms with Crippen molar-refractivity contribution in [1.29, 1.82) is 0 Å². The summed E-state index contributed by atoms with van der Waals surface area (Å²) in [6, 6.07) is 6.51. The van der Waals surface area contributed by atoms with Gasteiger partial charge in [-0.3, -0.25) is 0 Å². The van der Waals surface area contributed by atoms with Crippen LogP contribution >= 0.6 is 0 Å². The fraction of sp³-hybridized carbons (Fsp3) is 0.400. The van der Waals surface area contributed by atoms with Crippen LogP contribution in [0.15, 0.2) is 29.2 Å². The van der Waals surface area contributed by atoms with Gasteiger partial charge in [0.25, 0.3) is 0 Å². The van der Waals surface area contributed by atoms with Crippen molar-refractivity contribution in [3.63, 3.8) is 0 Å². The average Bonchev–Trinajstić information content (AvgIpc) is 2.26. The van der Waals surface area contributed by atoms with Gasteiger partial charge in [0.05, 0.1) is 0 Å². The monoisotopic (exact) mass is 244 g/mol. The van der Waals surface area contributed by atoms with Crippen LogP contribution in [0.3, 0.4) is 0 Å². The topological polar surface area (TPSA) is 72.6 Å². The molecule has 0 radical (unpaired) electrons. The highest BCUT2D eigenvalue weighted by atomic mass is 32.2. The third-order valence-electron chi connectivity index (χ3n) is 1.98. The Kier molecular flexibility index (Phi) is 4.28. The normalized spacial score (nSPS) is 11.8. The zero-order valence-electron chi connectivity index (χ0n) is 9.38. The fourth-order valence-electron chi connectivity index (χ4n) is 1.15. The zero-order chi connectivity index (χ0) is 12.2. The maximum Gasteiger partial charge on any atom is 0.246 e. The van der Waals surface area contributed by atoms with E-state index in [4.69, 9.17) is 10.5 Å². The Labute approximate surface area is 95.9 Å². The Balaban J connectivity index is 3.13. The molecule has 0 saturated heterocycles. The number of rotatable bonds is 5. The Morgan fingerprint density at radius 2 is 1.94 bits per heavy atom. The molecule has 1 aromatic rings. The minimum atomic E-state index is -3.47. The zero-order valence-corrected chi connectivity index (χ0v) is 10.2. The van der Waals surface area contributed by atoms with Gasteiger partial charge in [0.15, 0.2) is 0 Å². The van der Waals surface area contributed by atoms with E-state index in [-0.39, 0.29) is 4.90 Å². The van der Waals surface area contributed by atoms with Crippen LogP contribution in [0.2, 0.25) is 0 Å². The number of para-hydroxylation sites is 1. The summed E-state index contributed by atoms with van der Waals surface area (Å²) >= 11 is 0. The van der Waals surface area contributed by atoms with Crippen molar-refractivity contribution in [2.45, 2.75) is 4.90 Å². The summed E-state index contributed by atoms with van der Waals surface area (Å²) in [4.78, 5) is 0.161. The van der Waals surface area contributed by atoms with Crippen molar-refractivity contribution in [2.24, 2.45) is 5.73 Å². The lowest BCUT2D eigenvalue weighted by atomic mass is 10.3. The van der Waals surface area contributed by atoms with E-state index in [1.165, 1.54) is 20.2 Å². The maximum absolute atomic E-state index is 11.9. The first-order valence-corrected chi connectivity index (χ1v) is 6.28. The molecule has 0 fully saturated rings. The minimum absolute atomic E-state index is 0.161. The molecular formula is C10H16N2O3S. The van der Waals surface area contributed by atoms with Gasteiger partial charge in [0.1, 0.15) is 17.3 Å². The highest BCUT2D eigenvalue weighted by Crippen LogP contribution is 2.24. The highest BCUT2D eigenvalue weighted by molar-refractivity contribution is 7.89. The van der Waals surface area contributed by atoms with Crippen LogP contribution in [0, 0.1) is 0 Å². The van der Waals surface area contributed by atoms with Gasteiger partial charge in [-0.05, 0) is 12.1 Å². The van der Waals surface area contributed by atoms with Crippen LogP contribution in [-0.4, -0.2) is 40.0 Å². The van der Waals surface area contributed by atoms with E-state index in [1.54, 1.807) is 18.2 Å². The molecule has 0 atom stereocenters. The predicted molar refractivity (Wildman–Crippen MR) is 61.9 cm³/mol. The lowest BCUT2D eigenvalue weighted by molar-refractivity contribution is 0.319. The predicted octanol–water partition coefficient (Wildman–Crippen LogP) is 0.274. The third-order valence-corrected chi connectivity index (χ3v) is 3.84. The summed E-state index contributed by atoms with van der Waals surface area (Å²) < 4.78 is 30.3. The summed E-state index contributed by atoms with van der Waals surface area (Å²) in [5.74, 6) is 0.335. The Hall–Kier alpha value is -1.11. The summed E-state index contributed by atoms with van der Waals surface area (Å²) in [5, 5.41) is 0. The van der Waals surface area contributed by atoms with Gasteiger partial charge < -0.3 is 10.5 Å². The maximum atomic E-state index is 11.9. The summed E-state index contributed by atoms with van der Waals surface area (Å²) in [5.41, 5.74) is 5.31. The first kappa shape index (κ1) is 13.0. The number of hydrogen-bond acceptors (Lipinski definition) is 4. The summed E-state index contributed by atoms with van der Waals surface area (Å²) in [7, 11) is -0.508. The van der Waals surface area contributed by atoms with Crippen molar-refractivity contribution in [3.8, 4) is 5.75 Å². The summed E-state index contributed by atoms with van der Waals surface area (Å²) in [6.07, 6.45) is 0. The highest BCUT2D eigenvalue weighted by Gasteiger charge is 2.21. The second-order valence-corrected chi connectivity index (χ2v) is 5.49. The molecule has 5 nitrogen and oxygen atoms in total. The van der Waals surface area contributed by atoms with E-state index >= 15 is 0 Å². The molecule has 90 valence electrons. The molecule has 0 spiro atoms. The third kappa shape index (κ3) is 2.72. The van der Waals surface area contributed by atoms with Crippen LogP contribution in [0.25, 0.3) is 0 Å². The lowest BCUT2D eigenvalue weighted by Crippen LogP contribution is -2.23. The second kappa shape index (κ2) is 5.29. The SMILES string of the molecule is CN(C)S(=O)(=O)c1ccccc1OCCN. The van der Waals surface area contributed by atoms with Gasteiger partial charge in [0, 0.05) is 20.6 Å². The molecule has 1 rings (SSSR count). The van der Waals surface area contributed by atoms with Crippen molar-refractivity contribution in [3.05, 3.63) is 24.3 Å². The molecule has 0 unspecified atom stereocenters. The molecule has 0 bridgehead atoms. The van der Waals surface area contributed by atoms with Crippen molar-refractivity contribution < 1.29 is 13.2 Å². The molecule has 0 aromatic heterocycles. The van der Waals surface area contributed by atoms with E-state index in [0.29, 0.717) is 18.9 Å². The largest absolute Gasteiger partial charge is 0.491 e. The van der Waals surface area contributed by atoms with Crippen molar-refractivity contribution >= 4 is 10.0 Å². The number of benzene rings is 1. The molecule has 2 N–H and O–H groups in total. The molecule has 0 aliphatic rings. The van der Waals surface area contributed by atoms with Crippen molar-refractivity contribution in [1.82, 2.24) is 4.31 Å². The smallest absolute Gasteiger partial charge is 0.246 e. The Bertz CT molecular complexity index is 443. The minimum Gasteiger partial charge on any atom is -0.491 e. The second-order valence-electron chi connectivity index (χ2n) is 3.37. The molecule has 0 aliphatic carbocycles. The number of ether oxygens (including phenoxy) is 1. The van der Waals surface area contributed by atoms with Crippen LogP contribution in [-0.2, 0) is 10.0 Å². The average molecular weight is 244 g/mol. The van der Waals surface area contributed by atoms with Crippen LogP contribution in [0.5, 0.6) is 5.75 Å². The molecule has 6 heteroatoms. The van der Waals surface area contributed by atoms with Gasteiger partial charge in [0.2, 0.25) is 10.0 Å². The van der Waals surface area contributed by atoms with Crippen LogP contribution < -0.4 is 10.5 Å². The number of nitrogens with two attached hydrogens (primary N) is 1. The van der Waals surface area contributed by atoms with Gasteiger partial charge >= 0.3 is 0 Å². The first-order chi connectivity index (χ1) is 7.50. The van der Waals surface area contributed by atoms with E-state index in [2.05, 4.69) is 0 Å². The molecule has 16 heavy (non-hydrogen) atoms. The quantitative estimate of drug-likeness (QED) is 0.807. The van der Waals surface area contributed by atoms with Crippen molar-refractivity contribution in [2.75, 3.05) is 27.2 Å². The van der Waals surface area contributed by atoms with Gasteiger partial charge in [-0.25, -0.2) is 12.7 Å². The Morgan fingerprint density at radius 1 is 1.31 bits per heavy atom. The van der Waals surface area contributed by atoms with Gasteiger partial charge in [-0.2, -0.15) is 0 Å². The number of nitrogens with zero attached hydrogens (tertiary/aromatic N) is 1. The number of sulfonamides is 1. The standard InChI is InChI=1S/C10H16N2O3S/c1-12(2)16(13,14)10-6-4-3-5-9(10)15-8-7-11/h3-6H,7-8,11H2,1-2H3. The molecule has 1 aromatic carbocycles. The van der Waals surface area contributed by atoms with E-state index in [1.807, 2.05) is 0 Å². The first-order valence-electron chi connectivity index (χ1n) is 4.84. The van der Waals surface area contributed by atoms with Crippen LogP contribution in [0.4, 0.5) is 0 Å². The Morgan fingerprint density at radius 3 is 2.50 bits per heavy atom. The molecule has 0 heterocycles. The summed E-state index contributed by atoms with van der Waals surface area (Å²) in [6.45, 7) is 0.635. The molecule has 0 amide bonds. The lowest BCUT2D eigenvalue weighted by Gasteiger charge is -2.15. The van der Waals surface area contributed by atoms with E-state index in [9.17, 15) is 8.42 Å². The fourth-order valence-corrected chi connectivity index (χ4v) is 2.17. The molecular weight excluding hydrogens is 228 g/mol. The van der Waals surface area contributed by atoms with Crippen LogP contribution in [0.1, 0.15) is 0 Å². The molecule has 0 aliphatic heterocycles. The van der Waals surface area contributed by atoms with E-state index < -0.39 is 10.0 Å². The van der Waals surface area contributed by atoms with Gasteiger partial charge in [-0.1, -0.05) is 12.1 Å².